The smallest absolute Gasteiger partial charge is 0.312 e. The molecule has 1 aromatic rings. The molecular weight excluding hydrogens is 332 g/mol. The number of pyridine rings is 1. The maximum absolute atomic E-state index is 12.3. The summed E-state index contributed by atoms with van der Waals surface area (Å²) in [5, 5.41) is 23.2. The number of hydrogen-bond acceptors (Lipinski definition) is 4. The number of rotatable bonds is 6. The quantitative estimate of drug-likeness (QED) is 0.675. The summed E-state index contributed by atoms with van der Waals surface area (Å²) in [6.45, 7) is 8.63. The molecule has 1 rings (SSSR count). The Morgan fingerprint density at radius 1 is 1.25 bits per heavy atom. The van der Waals surface area contributed by atoms with Crippen molar-refractivity contribution in [3.63, 3.8) is 0 Å². The first kappa shape index (κ1) is 20.4. The fourth-order valence-electron chi connectivity index (χ4n) is 2.42. The van der Waals surface area contributed by atoms with E-state index in [1.54, 1.807) is 34.6 Å². The Hall–Kier alpha value is -1.66. The fourth-order valence-corrected chi connectivity index (χ4v) is 2.56. The van der Waals surface area contributed by atoms with Crippen LogP contribution in [0.4, 0.5) is 5.82 Å². The highest BCUT2D eigenvalue weighted by atomic mass is 35.5. The molecule has 0 spiro atoms. The summed E-state index contributed by atoms with van der Waals surface area (Å²) in [6.07, 6.45) is -0.866. The van der Waals surface area contributed by atoms with Crippen LogP contribution >= 0.6 is 11.6 Å². The highest BCUT2D eigenvalue weighted by Crippen LogP contribution is 2.42. The van der Waals surface area contributed by atoms with E-state index in [1.807, 2.05) is 0 Å². The molecule has 0 saturated carbocycles. The van der Waals surface area contributed by atoms with E-state index in [0.29, 0.717) is 0 Å². The predicted molar refractivity (Wildman–Crippen MR) is 92.9 cm³/mol. The number of carbonyl (C=O) groups is 2. The maximum Gasteiger partial charge on any atom is 0.312 e. The van der Waals surface area contributed by atoms with Crippen molar-refractivity contribution < 1.29 is 19.8 Å². The lowest BCUT2D eigenvalue weighted by Gasteiger charge is -2.33. The SMILES string of the molecule is CCC(CC)(C(=O)O)C(O)c1ccc(Cl)nc1NC(=O)C(C)(C)C. The van der Waals surface area contributed by atoms with Gasteiger partial charge in [0, 0.05) is 11.0 Å². The van der Waals surface area contributed by atoms with Gasteiger partial charge in [-0.1, -0.05) is 46.2 Å². The van der Waals surface area contributed by atoms with Crippen LogP contribution in [0.25, 0.3) is 0 Å². The molecule has 1 atom stereocenters. The average Bonchev–Trinajstić information content (AvgIpc) is 2.47. The number of nitrogens with zero attached hydrogens (tertiary/aromatic N) is 1. The van der Waals surface area contributed by atoms with E-state index in [4.69, 9.17) is 11.6 Å². The molecule has 0 saturated heterocycles. The Kier molecular flexibility index (Phi) is 6.36. The maximum atomic E-state index is 12.3. The number of carboxylic acid groups (broad SMARTS) is 1. The summed E-state index contributed by atoms with van der Waals surface area (Å²) in [4.78, 5) is 28.1. The van der Waals surface area contributed by atoms with Gasteiger partial charge in [-0.3, -0.25) is 9.59 Å². The summed E-state index contributed by atoms with van der Waals surface area (Å²) in [5.41, 5.74) is -1.80. The highest BCUT2D eigenvalue weighted by molar-refractivity contribution is 6.29. The summed E-state index contributed by atoms with van der Waals surface area (Å²) < 4.78 is 0. The number of carbonyl (C=O) groups excluding carboxylic acids is 1. The second-order valence-corrected chi connectivity index (χ2v) is 7.23. The topological polar surface area (TPSA) is 99.5 Å². The Morgan fingerprint density at radius 3 is 2.21 bits per heavy atom. The van der Waals surface area contributed by atoms with Crippen molar-refractivity contribution in [2.45, 2.75) is 53.6 Å². The molecular formula is C17H25ClN2O4. The van der Waals surface area contributed by atoms with Gasteiger partial charge < -0.3 is 15.5 Å². The normalized spacial score (nSPS) is 13.5. The Labute approximate surface area is 147 Å². The van der Waals surface area contributed by atoms with Crippen LogP contribution in [0.3, 0.4) is 0 Å². The molecule has 1 aromatic heterocycles. The van der Waals surface area contributed by atoms with Crippen molar-refractivity contribution in [2.24, 2.45) is 10.8 Å². The van der Waals surface area contributed by atoms with E-state index >= 15 is 0 Å². The first-order chi connectivity index (χ1) is 11.0. The van der Waals surface area contributed by atoms with Crippen LogP contribution in [0.1, 0.15) is 59.1 Å². The zero-order chi connectivity index (χ0) is 18.7. The number of aliphatic hydroxyl groups excluding tert-OH is 1. The largest absolute Gasteiger partial charge is 0.481 e. The van der Waals surface area contributed by atoms with Crippen LogP contribution in [-0.2, 0) is 9.59 Å². The molecule has 0 bridgehead atoms. The summed E-state index contributed by atoms with van der Waals surface area (Å²) in [7, 11) is 0. The van der Waals surface area contributed by atoms with Gasteiger partial charge in [0.15, 0.2) is 0 Å². The van der Waals surface area contributed by atoms with Gasteiger partial charge in [0.05, 0.1) is 11.5 Å². The molecule has 6 nitrogen and oxygen atoms in total. The molecule has 24 heavy (non-hydrogen) atoms. The van der Waals surface area contributed by atoms with Crippen LogP contribution in [0.15, 0.2) is 12.1 Å². The third kappa shape index (κ3) is 4.05. The van der Waals surface area contributed by atoms with Gasteiger partial charge in [-0.25, -0.2) is 4.98 Å². The van der Waals surface area contributed by atoms with E-state index in [0.717, 1.165) is 0 Å². The monoisotopic (exact) mass is 356 g/mol. The molecule has 7 heteroatoms. The van der Waals surface area contributed by atoms with E-state index in [-0.39, 0.29) is 35.3 Å². The number of hydrogen-bond donors (Lipinski definition) is 3. The number of anilines is 1. The summed E-state index contributed by atoms with van der Waals surface area (Å²) >= 11 is 5.90. The zero-order valence-electron chi connectivity index (χ0n) is 14.7. The number of aromatic nitrogens is 1. The minimum Gasteiger partial charge on any atom is -0.481 e. The van der Waals surface area contributed by atoms with E-state index in [2.05, 4.69) is 10.3 Å². The molecule has 0 aliphatic rings. The minimum absolute atomic E-state index is 0.0856. The lowest BCUT2D eigenvalue weighted by atomic mass is 9.74. The molecule has 134 valence electrons. The third-order valence-electron chi connectivity index (χ3n) is 4.31. The molecule has 0 aromatic carbocycles. The van der Waals surface area contributed by atoms with Crippen LogP contribution in [0.5, 0.6) is 0 Å². The number of carboxylic acids is 1. The third-order valence-corrected chi connectivity index (χ3v) is 4.52. The fraction of sp³-hybridized carbons (Fsp3) is 0.588. The second-order valence-electron chi connectivity index (χ2n) is 6.85. The van der Waals surface area contributed by atoms with Crippen LogP contribution in [0, 0.1) is 10.8 Å². The summed E-state index contributed by atoms with van der Waals surface area (Å²) in [5.74, 6) is -1.31. The minimum atomic E-state index is -1.36. The first-order valence-corrected chi connectivity index (χ1v) is 8.26. The van der Waals surface area contributed by atoms with E-state index in [1.165, 1.54) is 12.1 Å². The molecule has 3 N–H and O–H groups in total. The number of nitrogens with one attached hydrogen (secondary N) is 1. The van der Waals surface area contributed by atoms with Crippen LogP contribution in [0.2, 0.25) is 5.15 Å². The molecule has 0 aliphatic carbocycles. The number of amides is 1. The zero-order valence-corrected chi connectivity index (χ0v) is 15.4. The van der Waals surface area contributed by atoms with Gasteiger partial charge in [0.2, 0.25) is 5.91 Å². The average molecular weight is 357 g/mol. The second kappa shape index (κ2) is 7.49. The van der Waals surface area contributed by atoms with Gasteiger partial charge in [-0.05, 0) is 25.0 Å². The standard InChI is InChI=1S/C17H25ClN2O4/c1-6-17(7-2,15(23)24)12(21)10-8-9-11(18)19-13(10)20-14(22)16(3,4)5/h8-9,12,21H,6-7H2,1-5H3,(H,23,24)(H,19,20,22). The Morgan fingerprint density at radius 2 is 1.79 bits per heavy atom. The van der Waals surface area contributed by atoms with Gasteiger partial charge >= 0.3 is 5.97 Å². The van der Waals surface area contributed by atoms with Crippen molar-refractivity contribution in [2.75, 3.05) is 5.32 Å². The summed E-state index contributed by atoms with van der Waals surface area (Å²) in [6, 6.07) is 2.96. The molecule has 1 heterocycles. The molecule has 0 fully saturated rings. The van der Waals surface area contributed by atoms with E-state index < -0.39 is 22.9 Å². The molecule has 1 amide bonds. The molecule has 0 radical (unpaired) electrons. The van der Waals surface area contributed by atoms with Gasteiger partial charge in [-0.15, -0.1) is 0 Å². The molecule has 1 unspecified atom stereocenters. The molecule has 0 aliphatic heterocycles. The number of aliphatic hydroxyl groups is 1. The number of aliphatic carboxylic acids is 1. The van der Waals surface area contributed by atoms with Crippen molar-refractivity contribution in [1.82, 2.24) is 4.98 Å². The van der Waals surface area contributed by atoms with Crippen LogP contribution in [-0.4, -0.2) is 27.1 Å². The number of halogens is 1. The Balaban J connectivity index is 3.38. The lowest BCUT2D eigenvalue weighted by molar-refractivity contribution is -0.158. The van der Waals surface area contributed by atoms with Gasteiger partial charge in [-0.2, -0.15) is 0 Å². The lowest BCUT2D eigenvalue weighted by Crippen LogP contribution is -2.37. The first-order valence-electron chi connectivity index (χ1n) is 7.89. The van der Waals surface area contributed by atoms with Crippen molar-refractivity contribution in [3.05, 3.63) is 22.8 Å². The van der Waals surface area contributed by atoms with Crippen molar-refractivity contribution in [1.29, 1.82) is 0 Å². The van der Waals surface area contributed by atoms with E-state index in [9.17, 15) is 19.8 Å². The van der Waals surface area contributed by atoms with Crippen LogP contribution < -0.4 is 5.32 Å². The Bertz CT molecular complexity index is 622. The highest BCUT2D eigenvalue weighted by Gasteiger charge is 2.44. The van der Waals surface area contributed by atoms with Crippen molar-refractivity contribution >= 4 is 29.3 Å². The predicted octanol–water partition coefficient (Wildman–Crippen LogP) is 3.64. The van der Waals surface area contributed by atoms with Gasteiger partial charge in [0.25, 0.3) is 0 Å². The van der Waals surface area contributed by atoms with Gasteiger partial charge in [0.1, 0.15) is 11.0 Å². The van der Waals surface area contributed by atoms with Crippen molar-refractivity contribution in [3.8, 4) is 0 Å².